The lowest BCUT2D eigenvalue weighted by Gasteiger charge is -2.24. The summed E-state index contributed by atoms with van der Waals surface area (Å²) in [5.74, 6) is 0.986. The second kappa shape index (κ2) is 7.35. The number of benzene rings is 1. The van der Waals surface area contributed by atoms with Gasteiger partial charge in [0.15, 0.2) is 0 Å². The van der Waals surface area contributed by atoms with Crippen molar-refractivity contribution in [2.75, 3.05) is 13.1 Å². The highest BCUT2D eigenvalue weighted by molar-refractivity contribution is 5.79. The predicted molar refractivity (Wildman–Crippen MR) is 91.2 cm³/mol. The Kier molecular flexibility index (Phi) is 5.21. The van der Waals surface area contributed by atoms with E-state index >= 15 is 0 Å². The number of phenols is 1. The van der Waals surface area contributed by atoms with E-state index in [1.807, 2.05) is 23.1 Å². The van der Waals surface area contributed by atoms with Crippen LogP contribution in [0.2, 0.25) is 0 Å². The summed E-state index contributed by atoms with van der Waals surface area (Å²) in [6.45, 7) is 3.80. The van der Waals surface area contributed by atoms with Gasteiger partial charge in [0.25, 0.3) is 0 Å². The molecule has 1 aliphatic heterocycles. The van der Waals surface area contributed by atoms with E-state index in [-0.39, 0.29) is 12.0 Å². The summed E-state index contributed by atoms with van der Waals surface area (Å²) < 4.78 is 0. The maximum Gasteiger partial charge on any atom is 0.225 e. The molecule has 1 aromatic rings. The Balaban J connectivity index is 1.58. The van der Waals surface area contributed by atoms with E-state index in [9.17, 15) is 9.90 Å². The number of nitrogens with zero attached hydrogens (tertiary/aromatic N) is 1. The number of phenolic OH excluding ortho intramolecular Hbond substituents is 1. The number of carbonyl (C=O) groups excluding carboxylic acids is 1. The van der Waals surface area contributed by atoms with Crippen LogP contribution in [0.1, 0.15) is 57.1 Å². The predicted octanol–water partition coefficient (Wildman–Crippen LogP) is 3.22. The molecule has 1 saturated carbocycles. The monoisotopic (exact) mass is 316 g/mol. The fourth-order valence-corrected chi connectivity index (χ4v) is 4.02. The van der Waals surface area contributed by atoms with Crippen LogP contribution in [0.25, 0.3) is 0 Å². The van der Waals surface area contributed by atoms with Gasteiger partial charge in [0, 0.05) is 36.7 Å². The van der Waals surface area contributed by atoms with Crippen molar-refractivity contribution in [3.8, 4) is 5.75 Å². The summed E-state index contributed by atoms with van der Waals surface area (Å²) >= 11 is 0. The smallest absolute Gasteiger partial charge is 0.225 e. The molecule has 2 N–H and O–H groups in total. The topological polar surface area (TPSA) is 52.6 Å². The number of para-hydroxylation sites is 1. The third kappa shape index (κ3) is 3.69. The van der Waals surface area contributed by atoms with E-state index in [1.165, 1.54) is 12.8 Å². The van der Waals surface area contributed by atoms with Crippen molar-refractivity contribution in [3.63, 3.8) is 0 Å². The second-order valence-electron chi connectivity index (χ2n) is 6.94. The molecule has 2 aliphatic rings. The minimum absolute atomic E-state index is 0.141. The van der Waals surface area contributed by atoms with Crippen LogP contribution < -0.4 is 5.32 Å². The lowest BCUT2D eigenvalue weighted by Crippen LogP contribution is -2.38. The largest absolute Gasteiger partial charge is 0.508 e. The molecule has 1 saturated heterocycles. The Morgan fingerprint density at radius 3 is 2.74 bits per heavy atom. The zero-order valence-corrected chi connectivity index (χ0v) is 14.0. The summed E-state index contributed by atoms with van der Waals surface area (Å²) in [6, 6.07) is 8.00. The van der Waals surface area contributed by atoms with E-state index in [0.717, 1.165) is 44.3 Å². The van der Waals surface area contributed by atoms with Gasteiger partial charge in [0.05, 0.1) is 0 Å². The Morgan fingerprint density at radius 1 is 1.30 bits per heavy atom. The summed E-state index contributed by atoms with van der Waals surface area (Å²) in [5.41, 5.74) is 0.954. The van der Waals surface area contributed by atoms with Gasteiger partial charge in [0.2, 0.25) is 5.91 Å². The van der Waals surface area contributed by atoms with Gasteiger partial charge in [-0.05, 0) is 31.7 Å². The molecular formula is C19H28N2O2. The molecule has 0 radical (unpaired) electrons. The fraction of sp³-hybridized carbons (Fsp3) is 0.632. The number of nitrogens with one attached hydrogen (secondary N) is 1. The Labute approximate surface area is 138 Å². The third-order valence-corrected chi connectivity index (χ3v) is 5.36. The molecule has 1 heterocycles. The van der Waals surface area contributed by atoms with Crippen molar-refractivity contribution in [1.82, 2.24) is 10.2 Å². The molecule has 23 heavy (non-hydrogen) atoms. The van der Waals surface area contributed by atoms with Gasteiger partial charge in [-0.1, -0.05) is 38.0 Å². The van der Waals surface area contributed by atoms with Gasteiger partial charge >= 0.3 is 0 Å². The van der Waals surface area contributed by atoms with Crippen LogP contribution in [0.4, 0.5) is 0 Å². The lowest BCUT2D eigenvalue weighted by molar-refractivity contribution is -0.134. The van der Waals surface area contributed by atoms with Crippen LogP contribution in [-0.2, 0) is 4.79 Å². The van der Waals surface area contributed by atoms with Crippen molar-refractivity contribution in [3.05, 3.63) is 29.8 Å². The molecule has 3 rings (SSSR count). The molecule has 1 amide bonds. The molecular weight excluding hydrogens is 288 g/mol. The molecule has 4 heteroatoms. The number of hydrogen-bond donors (Lipinski definition) is 2. The van der Waals surface area contributed by atoms with Gasteiger partial charge in [-0.2, -0.15) is 0 Å². The van der Waals surface area contributed by atoms with Crippen LogP contribution in [0.15, 0.2) is 24.3 Å². The second-order valence-corrected chi connectivity index (χ2v) is 6.94. The Hall–Kier alpha value is -1.55. The van der Waals surface area contributed by atoms with E-state index in [4.69, 9.17) is 0 Å². The zero-order valence-electron chi connectivity index (χ0n) is 14.0. The first-order valence-electron chi connectivity index (χ1n) is 9.01. The minimum Gasteiger partial charge on any atom is -0.508 e. The Bertz CT molecular complexity index is 540. The summed E-state index contributed by atoms with van der Waals surface area (Å²) in [5, 5.41) is 13.7. The average molecular weight is 316 g/mol. The van der Waals surface area contributed by atoms with E-state index in [2.05, 4.69) is 12.2 Å². The van der Waals surface area contributed by atoms with Crippen molar-refractivity contribution in [1.29, 1.82) is 0 Å². The van der Waals surface area contributed by atoms with Gasteiger partial charge < -0.3 is 15.3 Å². The number of aromatic hydroxyl groups is 1. The molecule has 2 atom stereocenters. The summed E-state index contributed by atoms with van der Waals surface area (Å²) in [6.07, 6.45) is 6.48. The number of hydrogen-bond acceptors (Lipinski definition) is 3. The van der Waals surface area contributed by atoms with Crippen molar-refractivity contribution >= 4 is 5.91 Å². The SMILES string of the molecule is CC[C@H](N[C@@H]1CCN(C(=O)C2CCCC2)C1)c1ccccc1O. The summed E-state index contributed by atoms with van der Waals surface area (Å²) in [7, 11) is 0. The lowest BCUT2D eigenvalue weighted by atomic mass is 10.0. The number of carbonyl (C=O) groups is 1. The zero-order chi connectivity index (χ0) is 16.2. The maximum atomic E-state index is 12.5. The minimum atomic E-state index is 0.141. The molecule has 4 nitrogen and oxygen atoms in total. The molecule has 0 spiro atoms. The molecule has 126 valence electrons. The van der Waals surface area contributed by atoms with Gasteiger partial charge in [-0.3, -0.25) is 4.79 Å². The molecule has 0 aromatic heterocycles. The molecule has 0 unspecified atom stereocenters. The third-order valence-electron chi connectivity index (χ3n) is 5.36. The average Bonchev–Trinajstić information content (AvgIpc) is 3.24. The van der Waals surface area contributed by atoms with E-state index < -0.39 is 0 Å². The number of likely N-dealkylation sites (tertiary alicyclic amines) is 1. The summed E-state index contributed by atoms with van der Waals surface area (Å²) in [4.78, 5) is 14.6. The van der Waals surface area contributed by atoms with Crippen LogP contribution in [-0.4, -0.2) is 35.0 Å². The van der Waals surface area contributed by atoms with Crippen LogP contribution >= 0.6 is 0 Å². The maximum absolute atomic E-state index is 12.5. The van der Waals surface area contributed by atoms with Crippen LogP contribution in [0.5, 0.6) is 5.75 Å². The number of amides is 1. The van der Waals surface area contributed by atoms with Gasteiger partial charge in [0.1, 0.15) is 5.75 Å². The fourth-order valence-electron chi connectivity index (χ4n) is 4.02. The Morgan fingerprint density at radius 2 is 2.04 bits per heavy atom. The van der Waals surface area contributed by atoms with E-state index in [1.54, 1.807) is 6.07 Å². The first-order chi connectivity index (χ1) is 11.2. The molecule has 1 aromatic carbocycles. The van der Waals surface area contributed by atoms with Crippen molar-refractivity contribution < 1.29 is 9.90 Å². The molecule has 2 fully saturated rings. The quantitative estimate of drug-likeness (QED) is 0.877. The van der Waals surface area contributed by atoms with Crippen molar-refractivity contribution in [2.24, 2.45) is 5.92 Å². The highest BCUT2D eigenvalue weighted by Gasteiger charge is 2.33. The normalized spacial score (nSPS) is 23.3. The highest BCUT2D eigenvalue weighted by atomic mass is 16.3. The van der Waals surface area contributed by atoms with Crippen molar-refractivity contribution in [2.45, 2.75) is 57.5 Å². The standard InChI is InChI=1S/C19H28N2O2/c1-2-17(16-9-5-6-10-18(16)22)20-15-11-12-21(13-15)19(23)14-7-3-4-8-14/h5-6,9-10,14-15,17,20,22H,2-4,7-8,11-13H2,1H3/t15-,17+/m1/s1. The van der Waals surface area contributed by atoms with E-state index in [0.29, 0.717) is 17.7 Å². The molecule has 0 bridgehead atoms. The van der Waals surface area contributed by atoms with Crippen LogP contribution in [0, 0.1) is 5.92 Å². The van der Waals surface area contributed by atoms with Gasteiger partial charge in [-0.25, -0.2) is 0 Å². The number of rotatable bonds is 5. The molecule has 1 aliphatic carbocycles. The highest BCUT2D eigenvalue weighted by Crippen LogP contribution is 2.30. The first-order valence-corrected chi connectivity index (χ1v) is 9.01. The van der Waals surface area contributed by atoms with Crippen LogP contribution in [0.3, 0.4) is 0 Å². The van der Waals surface area contributed by atoms with Gasteiger partial charge in [-0.15, -0.1) is 0 Å². The first kappa shape index (κ1) is 16.3.